The number of aromatic nitrogens is 2. The van der Waals surface area contributed by atoms with Crippen molar-refractivity contribution >= 4 is 6.09 Å². The van der Waals surface area contributed by atoms with Crippen molar-refractivity contribution in [2.24, 2.45) is 0 Å². The fraction of sp³-hybridized carbons (Fsp3) is 0.241. The molecule has 1 saturated heterocycles. The Labute approximate surface area is 209 Å². The van der Waals surface area contributed by atoms with Gasteiger partial charge in [0, 0.05) is 5.92 Å². The van der Waals surface area contributed by atoms with E-state index in [1.807, 2.05) is 54.6 Å². The van der Waals surface area contributed by atoms with Crippen LogP contribution in [0.25, 0.3) is 11.1 Å². The average Bonchev–Trinajstić information content (AvgIpc) is 3.59. The molecule has 7 nitrogen and oxygen atoms in total. The van der Waals surface area contributed by atoms with E-state index in [1.165, 1.54) is 27.2 Å². The van der Waals surface area contributed by atoms with Gasteiger partial charge >= 0.3 is 6.09 Å². The summed E-state index contributed by atoms with van der Waals surface area (Å²) in [6.45, 7) is 1.29. The van der Waals surface area contributed by atoms with E-state index in [0.717, 1.165) is 5.56 Å². The smallest absolute Gasteiger partial charge is 0.410 e. The Hall–Kier alpha value is -4.10. The number of β-amino-alcohol motifs (C(OH)–C–C–N with tert-alkyl or cyclic N) is 1. The van der Waals surface area contributed by atoms with E-state index < -0.39 is 18.3 Å². The molecule has 2 aliphatic rings. The van der Waals surface area contributed by atoms with E-state index >= 15 is 0 Å². The second-order valence-electron chi connectivity index (χ2n) is 9.29. The Morgan fingerprint density at radius 1 is 0.917 bits per heavy atom. The predicted octanol–water partition coefficient (Wildman–Crippen LogP) is 4.30. The molecule has 4 aromatic rings. The summed E-state index contributed by atoms with van der Waals surface area (Å²) in [4.78, 5) is 14.4. The van der Waals surface area contributed by atoms with E-state index in [2.05, 4.69) is 29.4 Å². The van der Waals surface area contributed by atoms with E-state index in [4.69, 9.17) is 9.47 Å². The zero-order chi connectivity index (χ0) is 24.5. The third kappa shape index (κ3) is 4.33. The number of fused-ring (bicyclic) bond motifs is 3. The normalized spacial score (nSPS) is 18.6. The molecule has 1 aliphatic carbocycles. The van der Waals surface area contributed by atoms with Crippen LogP contribution < -0.4 is 4.74 Å². The molecule has 182 valence electrons. The third-order valence-electron chi connectivity index (χ3n) is 6.92. The van der Waals surface area contributed by atoms with Crippen molar-refractivity contribution in [2.45, 2.75) is 24.7 Å². The molecular formula is C29H27N3O4. The minimum Gasteiger partial charge on any atom is -0.482 e. The molecule has 0 saturated carbocycles. The molecule has 0 unspecified atom stereocenters. The van der Waals surface area contributed by atoms with Crippen LogP contribution in [0.5, 0.6) is 5.75 Å². The maximum absolute atomic E-state index is 12.9. The summed E-state index contributed by atoms with van der Waals surface area (Å²) in [5.41, 5.74) is 5.84. The average molecular weight is 482 g/mol. The number of carbonyl (C=O) groups excluding carboxylic acids is 1. The van der Waals surface area contributed by atoms with E-state index in [0.29, 0.717) is 12.3 Å². The van der Waals surface area contributed by atoms with Crippen LogP contribution in [-0.4, -0.2) is 57.8 Å². The van der Waals surface area contributed by atoms with Crippen molar-refractivity contribution in [1.29, 1.82) is 0 Å². The van der Waals surface area contributed by atoms with Crippen LogP contribution in [-0.2, 0) is 11.3 Å². The van der Waals surface area contributed by atoms with Gasteiger partial charge in [-0.2, -0.15) is 5.10 Å². The molecule has 0 radical (unpaired) electrons. The lowest BCUT2D eigenvalue weighted by Crippen LogP contribution is -2.32. The number of aliphatic hydroxyl groups excluding tert-OH is 1. The highest BCUT2D eigenvalue weighted by Crippen LogP contribution is 2.44. The number of aliphatic hydroxyl groups is 1. The first-order valence-corrected chi connectivity index (χ1v) is 12.2. The fourth-order valence-corrected chi connectivity index (χ4v) is 5.14. The van der Waals surface area contributed by atoms with Crippen LogP contribution in [0.15, 0.2) is 91.3 Å². The summed E-state index contributed by atoms with van der Waals surface area (Å²) in [7, 11) is 0. The fourth-order valence-electron chi connectivity index (χ4n) is 5.14. The molecule has 1 fully saturated rings. The Morgan fingerprint density at radius 2 is 1.58 bits per heavy atom. The van der Waals surface area contributed by atoms with Crippen molar-refractivity contribution in [3.8, 4) is 16.9 Å². The highest BCUT2D eigenvalue weighted by atomic mass is 16.6. The van der Waals surface area contributed by atoms with Crippen molar-refractivity contribution in [3.63, 3.8) is 0 Å². The van der Waals surface area contributed by atoms with Crippen molar-refractivity contribution < 1.29 is 19.4 Å². The predicted molar refractivity (Wildman–Crippen MR) is 135 cm³/mol. The molecule has 0 bridgehead atoms. The summed E-state index contributed by atoms with van der Waals surface area (Å²) in [6, 6.07) is 26.5. The number of nitrogens with zero attached hydrogens (tertiary/aromatic N) is 3. The first kappa shape index (κ1) is 22.4. The Balaban J connectivity index is 1.06. The lowest BCUT2D eigenvalue weighted by molar-refractivity contribution is 0.0735. The SMILES string of the molecule is O=C(OCC1c2ccccc2-c2ccccc21)N1C[C@@H](O)[C@H](Oc2cnn(Cc3ccccc3)c2)C1. The first-order valence-electron chi connectivity index (χ1n) is 12.2. The lowest BCUT2D eigenvalue weighted by Gasteiger charge is -2.19. The van der Waals surface area contributed by atoms with Gasteiger partial charge in [-0.15, -0.1) is 0 Å². The zero-order valence-electron chi connectivity index (χ0n) is 19.7. The van der Waals surface area contributed by atoms with Gasteiger partial charge in [-0.1, -0.05) is 78.9 Å². The van der Waals surface area contributed by atoms with Crippen LogP contribution in [0.2, 0.25) is 0 Å². The molecular weight excluding hydrogens is 454 g/mol. The molecule has 1 aromatic heterocycles. The number of benzene rings is 3. The monoisotopic (exact) mass is 481 g/mol. The van der Waals surface area contributed by atoms with Crippen LogP contribution >= 0.6 is 0 Å². The molecule has 1 N–H and O–H groups in total. The Kier molecular flexibility index (Phi) is 5.91. The van der Waals surface area contributed by atoms with E-state index in [1.54, 1.807) is 17.1 Å². The number of amides is 1. The van der Waals surface area contributed by atoms with Gasteiger partial charge in [0.25, 0.3) is 0 Å². The van der Waals surface area contributed by atoms with E-state index in [9.17, 15) is 9.90 Å². The molecule has 6 rings (SSSR count). The van der Waals surface area contributed by atoms with Gasteiger partial charge in [-0.05, 0) is 27.8 Å². The van der Waals surface area contributed by atoms with E-state index in [-0.39, 0.29) is 25.6 Å². The molecule has 1 amide bonds. The topological polar surface area (TPSA) is 76.8 Å². The van der Waals surface area contributed by atoms with Gasteiger partial charge in [0.1, 0.15) is 18.8 Å². The molecule has 3 aromatic carbocycles. The summed E-state index contributed by atoms with van der Waals surface area (Å²) in [5.74, 6) is 0.556. The highest BCUT2D eigenvalue weighted by molar-refractivity contribution is 5.79. The number of likely N-dealkylation sites (tertiary alicyclic amines) is 1. The van der Waals surface area contributed by atoms with Gasteiger partial charge in [0.05, 0.1) is 32.0 Å². The highest BCUT2D eigenvalue weighted by Gasteiger charge is 2.37. The number of hydrogen-bond acceptors (Lipinski definition) is 5. The lowest BCUT2D eigenvalue weighted by atomic mass is 9.98. The molecule has 0 spiro atoms. The summed E-state index contributed by atoms with van der Waals surface area (Å²) < 4.78 is 13.5. The third-order valence-corrected chi connectivity index (χ3v) is 6.92. The Bertz CT molecular complexity index is 1320. The second-order valence-corrected chi connectivity index (χ2v) is 9.29. The molecule has 1 aliphatic heterocycles. The van der Waals surface area contributed by atoms with Gasteiger partial charge in [-0.3, -0.25) is 4.68 Å². The molecule has 2 heterocycles. The molecule has 2 atom stereocenters. The number of rotatable bonds is 6. The van der Waals surface area contributed by atoms with Crippen LogP contribution in [0.4, 0.5) is 4.79 Å². The number of carbonyl (C=O) groups is 1. The Morgan fingerprint density at radius 3 is 2.31 bits per heavy atom. The van der Waals surface area contributed by atoms with Gasteiger partial charge in [0.2, 0.25) is 0 Å². The minimum atomic E-state index is -0.803. The quantitative estimate of drug-likeness (QED) is 0.444. The number of ether oxygens (including phenoxy) is 2. The summed E-state index contributed by atoms with van der Waals surface area (Å²) in [6.07, 6.45) is 1.64. The largest absolute Gasteiger partial charge is 0.482 e. The van der Waals surface area contributed by atoms with Crippen LogP contribution in [0.3, 0.4) is 0 Å². The zero-order valence-corrected chi connectivity index (χ0v) is 19.7. The number of hydrogen-bond donors (Lipinski definition) is 1. The summed E-state index contributed by atoms with van der Waals surface area (Å²) >= 11 is 0. The van der Waals surface area contributed by atoms with Crippen LogP contribution in [0.1, 0.15) is 22.6 Å². The maximum atomic E-state index is 12.9. The van der Waals surface area contributed by atoms with Gasteiger partial charge in [0.15, 0.2) is 5.75 Å². The first-order chi connectivity index (χ1) is 17.7. The summed E-state index contributed by atoms with van der Waals surface area (Å²) in [5, 5.41) is 14.9. The maximum Gasteiger partial charge on any atom is 0.410 e. The standard InChI is InChI=1S/C29H27N3O4/c33-27-17-31(18-28(27)36-21-14-30-32(16-21)15-20-8-2-1-3-9-20)29(34)35-19-26-24-12-6-4-10-22(24)23-11-5-7-13-25(23)26/h1-14,16,26-28,33H,15,17-19H2/t27-,28-/m1/s1. The molecule has 7 heteroatoms. The second kappa shape index (κ2) is 9.51. The van der Waals surface area contributed by atoms with Crippen molar-refractivity contribution in [2.75, 3.05) is 19.7 Å². The van der Waals surface area contributed by atoms with Crippen LogP contribution in [0, 0.1) is 0 Å². The van der Waals surface area contributed by atoms with Gasteiger partial charge < -0.3 is 19.5 Å². The van der Waals surface area contributed by atoms with Crippen molar-refractivity contribution in [3.05, 3.63) is 108 Å². The van der Waals surface area contributed by atoms with Crippen molar-refractivity contribution in [1.82, 2.24) is 14.7 Å². The minimum absolute atomic E-state index is 0.00335. The van der Waals surface area contributed by atoms with Gasteiger partial charge in [-0.25, -0.2) is 4.79 Å². The molecule has 36 heavy (non-hydrogen) atoms.